The first-order valence-electron chi connectivity index (χ1n) is 5.96. The summed E-state index contributed by atoms with van der Waals surface area (Å²) >= 11 is 11.8. The fourth-order valence-corrected chi connectivity index (χ4v) is 2.46. The van der Waals surface area contributed by atoms with E-state index < -0.39 is 0 Å². The zero-order valence-electron chi connectivity index (χ0n) is 10.2. The molecule has 0 atom stereocenters. The number of hydrogen-bond acceptors (Lipinski definition) is 4. The van der Waals surface area contributed by atoms with Crippen LogP contribution in [0.1, 0.15) is 18.5 Å². The molecular formula is C13H8Cl2N4O. The number of nitrogens with one attached hydrogen (secondary N) is 1. The van der Waals surface area contributed by atoms with Gasteiger partial charge in [0.25, 0.3) is 0 Å². The van der Waals surface area contributed by atoms with Crippen molar-refractivity contribution in [2.45, 2.75) is 12.8 Å². The molecule has 5 nitrogen and oxygen atoms in total. The van der Waals surface area contributed by atoms with Crippen LogP contribution in [0.25, 0.3) is 10.8 Å². The zero-order valence-corrected chi connectivity index (χ0v) is 11.7. The Morgan fingerprint density at radius 1 is 1.35 bits per heavy atom. The number of nitriles is 1. The number of aromatic nitrogens is 2. The molecule has 0 radical (unpaired) electrons. The van der Waals surface area contributed by atoms with Gasteiger partial charge in [0.2, 0.25) is 5.91 Å². The Kier molecular flexibility index (Phi) is 3.20. The molecular weight excluding hydrogens is 299 g/mol. The summed E-state index contributed by atoms with van der Waals surface area (Å²) < 4.78 is 0. The maximum atomic E-state index is 11.7. The Bertz CT molecular complexity index is 765. The third kappa shape index (κ3) is 2.40. The van der Waals surface area contributed by atoms with E-state index in [0.717, 1.165) is 12.8 Å². The molecule has 7 heteroatoms. The van der Waals surface area contributed by atoms with Crippen molar-refractivity contribution in [2.24, 2.45) is 5.92 Å². The van der Waals surface area contributed by atoms with E-state index in [2.05, 4.69) is 15.3 Å². The van der Waals surface area contributed by atoms with Gasteiger partial charge in [0.15, 0.2) is 5.69 Å². The normalized spacial score (nSPS) is 14.1. The minimum absolute atomic E-state index is 0.0580. The van der Waals surface area contributed by atoms with Crippen LogP contribution in [0.3, 0.4) is 0 Å². The van der Waals surface area contributed by atoms with Crippen LogP contribution in [0.5, 0.6) is 0 Å². The summed E-state index contributed by atoms with van der Waals surface area (Å²) in [4.78, 5) is 19.7. The van der Waals surface area contributed by atoms with E-state index in [-0.39, 0.29) is 27.8 Å². The average molecular weight is 307 g/mol. The lowest BCUT2D eigenvalue weighted by molar-refractivity contribution is -0.117. The van der Waals surface area contributed by atoms with E-state index in [9.17, 15) is 4.79 Å². The van der Waals surface area contributed by atoms with Gasteiger partial charge in [-0.3, -0.25) is 4.79 Å². The molecule has 1 saturated carbocycles. The van der Waals surface area contributed by atoms with Crippen LogP contribution in [0, 0.1) is 17.2 Å². The van der Waals surface area contributed by atoms with E-state index in [1.165, 1.54) is 0 Å². The fraction of sp³-hybridized carbons (Fsp3) is 0.231. The van der Waals surface area contributed by atoms with Gasteiger partial charge in [-0.15, -0.1) is 0 Å². The summed E-state index contributed by atoms with van der Waals surface area (Å²) in [7, 11) is 0. The largest absolute Gasteiger partial charge is 0.310 e. The average Bonchev–Trinajstić information content (AvgIpc) is 3.21. The van der Waals surface area contributed by atoms with E-state index in [1.54, 1.807) is 12.1 Å². The fourth-order valence-electron chi connectivity index (χ4n) is 1.92. The van der Waals surface area contributed by atoms with Crippen LogP contribution in [0.4, 0.5) is 5.82 Å². The van der Waals surface area contributed by atoms with Crippen molar-refractivity contribution in [1.82, 2.24) is 9.97 Å². The highest BCUT2D eigenvalue weighted by atomic mass is 35.5. The molecule has 1 fully saturated rings. The molecule has 0 bridgehead atoms. The van der Waals surface area contributed by atoms with Gasteiger partial charge in [-0.1, -0.05) is 23.2 Å². The number of nitrogens with zero attached hydrogens (tertiary/aromatic N) is 3. The first-order chi connectivity index (χ1) is 9.58. The van der Waals surface area contributed by atoms with Gasteiger partial charge in [-0.2, -0.15) is 5.26 Å². The van der Waals surface area contributed by atoms with Crippen molar-refractivity contribution in [2.75, 3.05) is 5.32 Å². The predicted octanol–water partition coefficient (Wildman–Crippen LogP) is 3.16. The summed E-state index contributed by atoms with van der Waals surface area (Å²) in [5.41, 5.74) is 0.114. The molecule has 1 amide bonds. The molecule has 2 aromatic heterocycles. The maximum absolute atomic E-state index is 11.7. The molecule has 1 aliphatic rings. The van der Waals surface area contributed by atoms with Crippen molar-refractivity contribution < 1.29 is 4.79 Å². The molecule has 0 unspecified atom stereocenters. The number of rotatable bonds is 2. The third-order valence-electron chi connectivity index (χ3n) is 3.04. The van der Waals surface area contributed by atoms with Crippen LogP contribution < -0.4 is 5.32 Å². The number of amides is 1. The van der Waals surface area contributed by atoms with Gasteiger partial charge in [-0.05, 0) is 30.4 Å². The lowest BCUT2D eigenvalue weighted by Crippen LogP contribution is -2.14. The van der Waals surface area contributed by atoms with Gasteiger partial charge in [-0.25, -0.2) is 9.97 Å². The number of carbonyl (C=O) groups excluding carboxylic acids is 1. The molecule has 20 heavy (non-hydrogen) atoms. The van der Waals surface area contributed by atoms with Crippen molar-refractivity contribution in [1.29, 1.82) is 5.26 Å². The number of carbonyl (C=O) groups is 1. The van der Waals surface area contributed by atoms with E-state index in [4.69, 9.17) is 28.5 Å². The highest BCUT2D eigenvalue weighted by Crippen LogP contribution is 2.32. The number of pyridine rings is 2. The van der Waals surface area contributed by atoms with Crippen molar-refractivity contribution in [3.8, 4) is 6.07 Å². The number of halogens is 2. The smallest absolute Gasteiger partial charge is 0.228 e. The second kappa shape index (κ2) is 4.89. The Morgan fingerprint density at radius 3 is 2.75 bits per heavy atom. The zero-order chi connectivity index (χ0) is 14.3. The molecule has 0 spiro atoms. The van der Waals surface area contributed by atoms with Gasteiger partial charge in [0.1, 0.15) is 22.2 Å². The quantitative estimate of drug-likeness (QED) is 0.864. The SMILES string of the molecule is N#Cc1nc(NC(=O)C2CC2)cc2cc(Cl)nc(Cl)c12. The van der Waals surface area contributed by atoms with Crippen molar-refractivity contribution in [3.05, 3.63) is 28.1 Å². The summed E-state index contributed by atoms with van der Waals surface area (Å²) in [6.07, 6.45) is 1.79. The van der Waals surface area contributed by atoms with Gasteiger partial charge < -0.3 is 5.32 Å². The molecule has 2 aromatic rings. The summed E-state index contributed by atoms with van der Waals surface area (Å²) in [6.45, 7) is 0. The molecule has 0 aliphatic heterocycles. The summed E-state index contributed by atoms with van der Waals surface area (Å²) in [5.74, 6) is 0.305. The van der Waals surface area contributed by atoms with Crippen LogP contribution >= 0.6 is 23.2 Å². The van der Waals surface area contributed by atoms with Crippen molar-refractivity contribution >= 4 is 45.7 Å². The van der Waals surface area contributed by atoms with Crippen LogP contribution in [-0.2, 0) is 4.79 Å². The Hall–Kier alpha value is -1.90. The topological polar surface area (TPSA) is 78.7 Å². The highest BCUT2D eigenvalue weighted by molar-refractivity contribution is 6.36. The molecule has 100 valence electrons. The monoisotopic (exact) mass is 306 g/mol. The first kappa shape index (κ1) is 13.1. The minimum Gasteiger partial charge on any atom is -0.310 e. The van der Waals surface area contributed by atoms with E-state index in [0.29, 0.717) is 16.6 Å². The van der Waals surface area contributed by atoms with E-state index >= 15 is 0 Å². The Morgan fingerprint density at radius 2 is 2.10 bits per heavy atom. The second-order valence-electron chi connectivity index (χ2n) is 4.57. The van der Waals surface area contributed by atoms with Gasteiger partial charge >= 0.3 is 0 Å². The summed E-state index contributed by atoms with van der Waals surface area (Å²) in [6, 6.07) is 5.18. The predicted molar refractivity (Wildman–Crippen MR) is 75.6 cm³/mol. The van der Waals surface area contributed by atoms with Crippen molar-refractivity contribution in [3.63, 3.8) is 0 Å². The molecule has 1 aliphatic carbocycles. The van der Waals surface area contributed by atoms with Crippen LogP contribution in [0.2, 0.25) is 10.3 Å². The highest BCUT2D eigenvalue weighted by Gasteiger charge is 2.30. The lowest BCUT2D eigenvalue weighted by Gasteiger charge is -2.07. The van der Waals surface area contributed by atoms with E-state index in [1.807, 2.05) is 6.07 Å². The summed E-state index contributed by atoms with van der Waals surface area (Å²) in [5, 5.41) is 13.3. The number of anilines is 1. The molecule has 0 aromatic carbocycles. The molecule has 3 rings (SSSR count). The minimum atomic E-state index is -0.0769. The second-order valence-corrected chi connectivity index (χ2v) is 5.31. The first-order valence-corrected chi connectivity index (χ1v) is 6.72. The van der Waals surface area contributed by atoms with Crippen LogP contribution in [0.15, 0.2) is 12.1 Å². The van der Waals surface area contributed by atoms with Gasteiger partial charge in [0, 0.05) is 5.92 Å². The van der Waals surface area contributed by atoms with Gasteiger partial charge in [0.05, 0.1) is 5.39 Å². The Labute approximate surface area is 124 Å². The Balaban J connectivity index is 2.11. The molecule has 0 saturated heterocycles. The third-order valence-corrected chi connectivity index (χ3v) is 3.51. The molecule has 2 heterocycles. The number of fused-ring (bicyclic) bond motifs is 1. The maximum Gasteiger partial charge on any atom is 0.228 e. The number of hydrogen-bond donors (Lipinski definition) is 1. The lowest BCUT2D eigenvalue weighted by atomic mass is 10.1. The standard InChI is InChI=1S/C13H8Cl2N4O/c14-9-3-7-4-10(19-13(20)6-1-2-6)17-8(5-16)11(7)12(15)18-9/h3-4,6H,1-2H2,(H,17,19,20). The molecule has 1 N–H and O–H groups in total. The van der Waals surface area contributed by atoms with Crippen LogP contribution in [-0.4, -0.2) is 15.9 Å².